The topological polar surface area (TPSA) is 41.1 Å². The Morgan fingerprint density at radius 3 is 2.35 bits per heavy atom. The van der Waals surface area contributed by atoms with Crippen LogP contribution in [0.4, 0.5) is 14.5 Å². The molecule has 3 nitrogen and oxygen atoms in total. The average Bonchev–Trinajstić information content (AvgIpc) is 2.20. The normalized spacial score (nSPS) is 10.7. The number of halogens is 3. The van der Waals surface area contributed by atoms with Gasteiger partial charge in [0.2, 0.25) is 5.91 Å². The summed E-state index contributed by atoms with van der Waals surface area (Å²) in [6.45, 7) is 3.74. The first kappa shape index (κ1) is 14.1. The van der Waals surface area contributed by atoms with Gasteiger partial charge >= 0.3 is 0 Å². The first-order valence-electron chi connectivity index (χ1n) is 5.08. The summed E-state index contributed by atoms with van der Waals surface area (Å²) < 4.78 is 27.0. The molecule has 0 spiro atoms. The first-order chi connectivity index (χ1) is 7.90. The third-order valence-corrected chi connectivity index (χ3v) is 2.40. The zero-order valence-electron chi connectivity index (χ0n) is 9.48. The summed E-state index contributed by atoms with van der Waals surface area (Å²) in [5, 5.41) is 5.04. The van der Waals surface area contributed by atoms with Crippen molar-refractivity contribution in [2.75, 3.05) is 11.9 Å². The molecule has 1 rings (SSSR count). The van der Waals surface area contributed by atoms with Crippen molar-refractivity contribution in [3.63, 3.8) is 0 Å². The van der Waals surface area contributed by atoms with Crippen LogP contribution in [0.2, 0.25) is 0 Å². The molecular formula is C11H13BrF2N2O. The molecule has 0 atom stereocenters. The molecule has 0 aromatic heterocycles. The maximum absolute atomic E-state index is 13.4. The van der Waals surface area contributed by atoms with Crippen LogP contribution in [0, 0.1) is 11.6 Å². The standard InChI is InChI=1S/C11H13BrF2N2O/c1-6(2)15-5-10(17)16-11-8(13)3-7(12)4-9(11)14/h3-4,6,15H,5H2,1-2H3,(H,16,17). The molecule has 0 aliphatic carbocycles. The van der Waals surface area contributed by atoms with Gasteiger partial charge in [-0.05, 0) is 12.1 Å². The number of hydrogen-bond donors (Lipinski definition) is 2. The molecule has 17 heavy (non-hydrogen) atoms. The van der Waals surface area contributed by atoms with E-state index in [4.69, 9.17) is 0 Å². The minimum atomic E-state index is -0.810. The van der Waals surface area contributed by atoms with E-state index < -0.39 is 23.2 Å². The highest BCUT2D eigenvalue weighted by molar-refractivity contribution is 9.10. The molecule has 0 fully saturated rings. The number of hydrogen-bond acceptors (Lipinski definition) is 2. The van der Waals surface area contributed by atoms with Crippen molar-refractivity contribution in [2.24, 2.45) is 0 Å². The molecule has 0 heterocycles. The number of carbonyl (C=O) groups excluding carboxylic acids is 1. The van der Waals surface area contributed by atoms with E-state index in [9.17, 15) is 13.6 Å². The monoisotopic (exact) mass is 306 g/mol. The summed E-state index contributed by atoms with van der Waals surface area (Å²) in [6, 6.07) is 2.31. The van der Waals surface area contributed by atoms with Gasteiger partial charge in [-0.15, -0.1) is 0 Å². The van der Waals surface area contributed by atoms with Crippen molar-refractivity contribution >= 4 is 27.5 Å². The van der Waals surface area contributed by atoms with E-state index in [1.165, 1.54) is 0 Å². The van der Waals surface area contributed by atoms with Crippen molar-refractivity contribution in [3.8, 4) is 0 Å². The SMILES string of the molecule is CC(C)NCC(=O)Nc1c(F)cc(Br)cc1F. The van der Waals surface area contributed by atoms with Crippen LogP contribution in [0.1, 0.15) is 13.8 Å². The van der Waals surface area contributed by atoms with Gasteiger partial charge in [0.1, 0.15) is 5.69 Å². The number of benzene rings is 1. The molecule has 0 aliphatic heterocycles. The average molecular weight is 307 g/mol. The van der Waals surface area contributed by atoms with Crippen LogP contribution in [0.25, 0.3) is 0 Å². The highest BCUT2D eigenvalue weighted by Crippen LogP contribution is 2.23. The van der Waals surface area contributed by atoms with Crippen molar-refractivity contribution in [1.82, 2.24) is 5.32 Å². The molecule has 6 heteroatoms. The van der Waals surface area contributed by atoms with Gasteiger partial charge in [0.05, 0.1) is 6.54 Å². The Balaban J connectivity index is 2.72. The van der Waals surface area contributed by atoms with Gasteiger partial charge in [-0.25, -0.2) is 8.78 Å². The lowest BCUT2D eigenvalue weighted by Crippen LogP contribution is -2.33. The van der Waals surface area contributed by atoms with Gasteiger partial charge in [0, 0.05) is 10.5 Å². The first-order valence-corrected chi connectivity index (χ1v) is 5.87. The summed E-state index contributed by atoms with van der Waals surface area (Å²) in [5.41, 5.74) is -0.427. The summed E-state index contributed by atoms with van der Waals surface area (Å²) in [6.07, 6.45) is 0. The molecule has 0 bridgehead atoms. The number of rotatable bonds is 4. The van der Waals surface area contributed by atoms with Crippen LogP contribution in [0.15, 0.2) is 16.6 Å². The third-order valence-electron chi connectivity index (χ3n) is 1.94. The van der Waals surface area contributed by atoms with E-state index in [2.05, 4.69) is 26.6 Å². The van der Waals surface area contributed by atoms with Gasteiger partial charge in [0.15, 0.2) is 11.6 Å². The number of carbonyl (C=O) groups is 1. The van der Waals surface area contributed by atoms with Gasteiger partial charge in [-0.2, -0.15) is 0 Å². The molecule has 0 radical (unpaired) electrons. The number of amides is 1. The van der Waals surface area contributed by atoms with Crippen molar-refractivity contribution in [2.45, 2.75) is 19.9 Å². The second-order valence-electron chi connectivity index (χ2n) is 3.83. The van der Waals surface area contributed by atoms with Gasteiger partial charge in [-0.3, -0.25) is 4.79 Å². The predicted octanol–water partition coefficient (Wildman–Crippen LogP) is 2.66. The van der Waals surface area contributed by atoms with Gasteiger partial charge in [0.25, 0.3) is 0 Å². The molecule has 0 unspecified atom stereocenters. The third kappa shape index (κ3) is 4.40. The summed E-state index contributed by atoms with van der Waals surface area (Å²) in [7, 11) is 0. The molecule has 1 aromatic rings. The van der Waals surface area contributed by atoms with Crippen LogP contribution < -0.4 is 10.6 Å². The Hall–Kier alpha value is -1.01. The fraction of sp³-hybridized carbons (Fsp3) is 0.364. The predicted molar refractivity (Wildman–Crippen MR) is 65.8 cm³/mol. The minimum Gasteiger partial charge on any atom is -0.320 e. The Kier molecular flexibility index (Phi) is 5.02. The summed E-state index contributed by atoms with van der Waals surface area (Å²) in [5.74, 6) is -2.11. The quantitative estimate of drug-likeness (QED) is 0.898. The molecule has 94 valence electrons. The largest absolute Gasteiger partial charge is 0.320 e. The van der Waals surface area contributed by atoms with E-state index >= 15 is 0 Å². The molecule has 0 saturated heterocycles. The fourth-order valence-electron chi connectivity index (χ4n) is 1.14. The van der Waals surface area contributed by atoms with Crippen LogP contribution in [0.5, 0.6) is 0 Å². The van der Waals surface area contributed by atoms with E-state index in [0.717, 1.165) is 12.1 Å². The van der Waals surface area contributed by atoms with Crippen LogP contribution in [0.3, 0.4) is 0 Å². The second kappa shape index (κ2) is 6.07. The second-order valence-corrected chi connectivity index (χ2v) is 4.74. The highest BCUT2D eigenvalue weighted by atomic mass is 79.9. The lowest BCUT2D eigenvalue weighted by molar-refractivity contribution is -0.115. The maximum Gasteiger partial charge on any atom is 0.238 e. The Bertz CT molecular complexity index is 401. The molecule has 1 amide bonds. The smallest absolute Gasteiger partial charge is 0.238 e. The van der Waals surface area contributed by atoms with E-state index in [1.54, 1.807) is 0 Å². The lowest BCUT2D eigenvalue weighted by Gasteiger charge is -2.10. The van der Waals surface area contributed by atoms with E-state index in [0.29, 0.717) is 0 Å². The van der Waals surface area contributed by atoms with E-state index in [-0.39, 0.29) is 17.1 Å². The lowest BCUT2D eigenvalue weighted by atomic mass is 10.3. The van der Waals surface area contributed by atoms with Crippen LogP contribution in [-0.4, -0.2) is 18.5 Å². The molecular weight excluding hydrogens is 294 g/mol. The van der Waals surface area contributed by atoms with Crippen molar-refractivity contribution in [1.29, 1.82) is 0 Å². The van der Waals surface area contributed by atoms with Crippen molar-refractivity contribution in [3.05, 3.63) is 28.2 Å². The van der Waals surface area contributed by atoms with Crippen LogP contribution >= 0.6 is 15.9 Å². The van der Waals surface area contributed by atoms with Gasteiger partial charge < -0.3 is 10.6 Å². The Morgan fingerprint density at radius 2 is 1.88 bits per heavy atom. The Morgan fingerprint density at radius 1 is 1.35 bits per heavy atom. The molecule has 2 N–H and O–H groups in total. The zero-order valence-corrected chi connectivity index (χ0v) is 11.1. The number of nitrogens with one attached hydrogen (secondary N) is 2. The zero-order chi connectivity index (χ0) is 13.0. The summed E-state index contributed by atoms with van der Waals surface area (Å²) in [4.78, 5) is 11.4. The molecule has 1 aromatic carbocycles. The molecule has 0 saturated carbocycles. The maximum atomic E-state index is 13.4. The number of anilines is 1. The van der Waals surface area contributed by atoms with Gasteiger partial charge in [-0.1, -0.05) is 29.8 Å². The van der Waals surface area contributed by atoms with Crippen molar-refractivity contribution < 1.29 is 13.6 Å². The van der Waals surface area contributed by atoms with Crippen LogP contribution in [-0.2, 0) is 4.79 Å². The molecule has 0 aliphatic rings. The summed E-state index contributed by atoms with van der Waals surface area (Å²) >= 11 is 2.96. The fourth-order valence-corrected chi connectivity index (χ4v) is 1.54. The highest BCUT2D eigenvalue weighted by Gasteiger charge is 2.13. The van der Waals surface area contributed by atoms with E-state index in [1.807, 2.05) is 13.8 Å². The Labute approximate surface area is 107 Å². The minimum absolute atomic E-state index is 0.00656.